The summed E-state index contributed by atoms with van der Waals surface area (Å²) in [5.41, 5.74) is 2.24. The van der Waals surface area contributed by atoms with Crippen LogP contribution in [0.15, 0.2) is 47.0 Å². The molecule has 1 aliphatic heterocycles. The van der Waals surface area contributed by atoms with E-state index in [2.05, 4.69) is 14.9 Å². The number of ether oxygens (including phenoxy) is 1. The first-order chi connectivity index (χ1) is 12.3. The van der Waals surface area contributed by atoms with Crippen LogP contribution in [-0.2, 0) is 4.74 Å². The number of pyridine rings is 1. The van der Waals surface area contributed by atoms with Gasteiger partial charge in [0.25, 0.3) is 0 Å². The van der Waals surface area contributed by atoms with E-state index in [1.165, 1.54) is 7.11 Å². The third kappa shape index (κ3) is 2.95. The van der Waals surface area contributed by atoms with Crippen LogP contribution in [0, 0.1) is 0 Å². The first-order valence-electron chi connectivity index (χ1n) is 8.40. The fourth-order valence-electron chi connectivity index (χ4n) is 3.32. The van der Waals surface area contributed by atoms with Crippen LogP contribution in [-0.4, -0.2) is 36.1 Å². The van der Waals surface area contributed by atoms with Crippen molar-refractivity contribution >= 4 is 22.9 Å². The third-order valence-corrected chi connectivity index (χ3v) is 4.65. The number of anilines is 1. The summed E-state index contributed by atoms with van der Waals surface area (Å²) in [6, 6.07) is 11.3. The molecule has 0 amide bonds. The minimum absolute atomic E-state index is 0.286. The van der Waals surface area contributed by atoms with Crippen molar-refractivity contribution in [3.05, 3.63) is 54.0 Å². The number of carbonyl (C=O) groups excluding carboxylic acids is 1. The predicted molar refractivity (Wildman–Crippen MR) is 93.8 cm³/mol. The number of rotatable bonds is 3. The van der Waals surface area contributed by atoms with Gasteiger partial charge in [-0.1, -0.05) is 12.1 Å². The summed E-state index contributed by atoms with van der Waals surface area (Å²) in [5, 5.41) is 0. The summed E-state index contributed by atoms with van der Waals surface area (Å²) < 4.78 is 10.8. The van der Waals surface area contributed by atoms with E-state index in [1.807, 2.05) is 24.3 Å². The van der Waals surface area contributed by atoms with Gasteiger partial charge in [-0.3, -0.25) is 0 Å². The van der Waals surface area contributed by atoms with Gasteiger partial charge in [0.05, 0.1) is 7.11 Å². The minimum Gasteiger partial charge on any atom is -0.465 e. The average Bonchev–Trinajstić information content (AvgIpc) is 3.12. The summed E-state index contributed by atoms with van der Waals surface area (Å²) in [7, 11) is 1.39. The number of benzene rings is 1. The number of nitrogens with zero attached hydrogens (tertiary/aromatic N) is 3. The molecular formula is C19H19N3O3. The van der Waals surface area contributed by atoms with Gasteiger partial charge in [0.15, 0.2) is 11.5 Å². The van der Waals surface area contributed by atoms with Gasteiger partial charge >= 0.3 is 5.97 Å². The molecule has 0 saturated carbocycles. The van der Waals surface area contributed by atoms with Crippen molar-refractivity contribution < 1.29 is 13.9 Å². The largest absolute Gasteiger partial charge is 0.465 e. The van der Waals surface area contributed by atoms with Crippen molar-refractivity contribution in [3.8, 4) is 0 Å². The maximum Gasteiger partial charge on any atom is 0.341 e. The molecule has 1 aromatic carbocycles. The van der Waals surface area contributed by atoms with Crippen molar-refractivity contribution in [3.63, 3.8) is 0 Å². The molecule has 1 aliphatic rings. The highest BCUT2D eigenvalue weighted by Crippen LogP contribution is 2.32. The van der Waals surface area contributed by atoms with Crippen LogP contribution in [0.5, 0.6) is 0 Å². The molecule has 0 radical (unpaired) electrons. The van der Waals surface area contributed by atoms with E-state index in [4.69, 9.17) is 9.15 Å². The molecule has 3 aromatic rings. The number of fused-ring (bicyclic) bond motifs is 1. The zero-order valence-corrected chi connectivity index (χ0v) is 14.0. The van der Waals surface area contributed by atoms with Crippen LogP contribution in [0.1, 0.15) is 35.0 Å². The standard InChI is InChI=1S/C19H19N3O3/c1-24-19(23)14-5-4-10-20-17(14)22-11-8-13(9-12-22)18-21-15-6-2-3-7-16(15)25-18/h2-7,10,13H,8-9,11-12H2,1H3. The van der Waals surface area contributed by atoms with Gasteiger partial charge in [0.2, 0.25) is 0 Å². The lowest BCUT2D eigenvalue weighted by Gasteiger charge is -2.32. The second kappa shape index (κ2) is 6.55. The van der Waals surface area contributed by atoms with E-state index in [0.717, 1.165) is 42.9 Å². The van der Waals surface area contributed by atoms with Crippen LogP contribution < -0.4 is 4.90 Å². The van der Waals surface area contributed by atoms with Crippen molar-refractivity contribution in [2.24, 2.45) is 0 Å². The van der Waals surface area contributed by atoms with Crippen molar-refractivity contribution in [1.82, 2.24) is 9.97 Å². The van der Waals surface area contributed by atoms with E-state index >= 15 is 0 Å². The molecule has 0 spiro atoms. The number of oxazole rings is 1. The van der Waals surface area contributed by atoms with Crippen LogP contribution in [0.4, 0.5) is 5.82 Å². The third-order valence-electron chi connectivity index (χ3n) is 4.65. The maximum absolute atomic E-state index is 11.9. The number of hydrogen-bond donors (Lipinski definition) is 0. The first kappa shape index (κ1) is 15.6. The molecule has 0 aliphatic carbocycles. The van der Waals surface area contributed by atoms with Gasteiger partial charge in [-0.15, -0.1) is 0 Å². The molecule has 6 heteroatoms. The number of methoxy groups -OCH3 is 1. The van der Waals surface area contributed by atoms with Gasteiger partial charge in [0, 0.05) is 25.2 Å². The quantitative estimate of drug-likeness (QED) is 0.682. The Kier molecular flexibility index (Phi) is 4.09. The lowest BCUT2D eigenvalue weighted by atomic mass is 9.96. The van der Waals surface area contributed by atoms with Crippen molar-refractivity contribution in [1.29, 1.82) is 0 Å². The molecule has 4 rings (SSSR count). The Hall–Kier alpha value is -2.89. The minimum atomic E-state index is -0.357. The zero-order chi connectivity index (χ0) is 17.2. The van der Waals surface area contributed by atoms with Gasteiger partial charge in [0.1, 0.15) is 16.9 Å². The second-order valence-corrected chi connectivity index (χ2v) is 6.15. The Morgan fingerprint density at radius 3 is 2.76 bits per heavy atom. The molecule has 1 fully saturated rings. The molecule has 0 N–H and O–H groups in total. The molecule has 1 saturated heterocycles. The van der Waals surface area contributed by atoms with Crippen LogP contribution >= 0.6 is 0 Å². The summed E-state index contributed by atoms with van der Waals surface area (Å²) in [6.07, 6.45) is 3.52. The Labute approximate surface area is 145 Å². The van der Waals surface area contributed by atoms with Crippen molar-refractivity contribution in [2.75, 3.05) is 25.1 Å². The van der Waals surface area contributed by atoms with Crippen LogP contribution in [0.25, 0.3) is 11.1 Å². The van der Waals surface area contributed by atoms with E-state index < -0.39 is 0 Å². The van der Waals surface area contributed by atoms with Gasteiger partial charge in [-0.2, -0.15) is 0 Å². The summed E-state index contributed by atoms with van der Waals surface area (Å²) in [4.78, 5) is 23.1. The second-order valence-electron chi connectivity index (χ2n) is 6.15. The monoisotopic (exact) mass is 337 g/mol. The molecular weight excluding hydrogens is 318 g/mol. The molecule has 6 nitrogen and oxygen atoms in total. The van der Waals surface area contributed by atoms with E-state index in [-0.39, 0.29) is 11.9 Å². The van der Waals surface area contributed by atoms with E-state index in [0.29, 0.717) is 11.4 Å². The SMILES string of the molecule is COC(=O)c1cccnc1N1CCC(c2nc3ccccc3o2)CC1. The fourth-order valence-corrected chi connectivity index (χ4v) is 3.32. The Bertz CT molecular complexity index is 865. The fraction of sp³-hybridized carbons (Fsp3) is 0.316. The maximum atomic E-state index is 11.9. The topological polar surface area (TPSA) is 68.5 Å². The Morgan fingerprint density at radius 1 is 1.20 bits per heavy atom. The number of para-hydroxylation sites is 2. The van der Waals surface area contributed by atoms with Crippen LogP contribution in [0.2, 0.25) is 0 Å². The average molecular weight is 337 g/mol. The molecule has 25 heavy (non-hydrogen) atoms. The molecule has 0 bridgehead atoms. The lowest BCUT2D eigenvalue weighted by Crippen LogP contribution is -2.34. The number of piperidine rings is 1. The summed E-state index contributed by atoms with van der Waals surface area (Å²) in [5.74, 6) is 1.42. The molecule has 2 aromatic heterocycles. The number of aromatic nitrogens is 2. The highest BCUT2D eigenvalue weighted by atomic mass is 16.5. The number of hydrogen-bond acceptors (Lipinski definition) is 6. The molecule has 128 valence electrons. The van der Waals surface area contributed by atoms with Gasteiger partial charge in [-0.05, 0) is 37.1 Å². The predicted octanol–water partition coefficient (Wildman–Crippen LogP) is 3.39. The highest BCUT2D eigenvalue weighted by Gasteiger charge is 2.27. The van der Waals surface area contributed by atoms with Gasteiger partial charge < -0.3 is 14.1 Å². The normalized spacial score (nSPS) is 15.5. The summed E-state index contributed by atoms with van der Waals surface area (Å²) in [6.45, 7) is 1.59. The van der Waals surface area contributed by atoms with E-state index in [9.17, 15) is 4.79 Å². The summed E-state index contributed by atoms with van der Waals surface area (Å²) >= 11 is 0. The number of esters is 1. The Balaban J connectivity index is 1.51. The molecule has 0 atom stereocenters. The highest BCUT2D eigenvalue weighted by molar-refractivity contribution is 5.94. The Morgan fingerprint density at radius 2 is 2.00 bits per heavy atom. The van der Waals surface area contributed by atoms with Gasteiger partial charge in [-0.25, -0.2) is 14.8 Å². The van der Waals surface area contributed by atoms with Crippen LogP contribution in [0.3, 0.4) is 0 Å². The van der Waals surface area contributed by atoms with Crippen molar-refractivity contribution in [2.45, 2.75) is 18.8 Å². The molecule has 3 heterocycles. The number of carbonyl (C=O) groups is 1. The van der Waals surface area contributed by atoms with E-state index in [1.54, 1.807) is 18.3 Å². The lowest BCUT2D eigenvalue weighted by molar-refractivity contribution is 0.0601. The smallest absolute Gasteiger partial charge is 0.341 e. The molecule has 0 unspecified atom stereocenters. The zero-order valence-electron chi connectivity index (χ0n) is 14.0. The first-order valence-corrected chi connectivity index (χ1v) is 8.40.